The molecular formula is C11H13N3. The van der Waals surface area contributed by atoms with Crippen LogP contribution >= 0.6 is 0 Å². The predicted octanol–water partition coefficient (Wildman–Crippen LogP) is 2.45. The van der Waals surface area contributed by atoms with E-state index in [1.165, 1.54) is 0 Å². The van der Waals surface area contributed by atoms with E-state index in [4.69, 9.17) is 0 Å². The number of aliphatic imine (C=N–C) groups is 2. The quantitative estimate of drug-likeness (QED) is 0.517. The average molecular weight is 187 g/mol. The molecule has 72 valence electrons. The van der Waals surface area contributed by atoms with Crippen LogP contribution in [0.4, 0.5) is 0 Å². The molecule has 0 aromatic carbocycles. The summed E-state index contributed by atoms with van der Waals surface area (Å²) in [4.78, 5) is 12.3. The molecule has 1 aromatic rings. The van der Waals surface area contributed by atoms with Crippen molar-refractivity contribution in [1.29, 1.82) is 0 Å². The molecule has 0 saturated carbocycles. The Labute approximate surface area is 83.9 Å². The zero-order valence-corrected chi connectivity index (χ0v) is 8.44. The molecule has 1 rings (SSSR count). The van der Waals surface area contributed by atoms with E-state index in [0.29, 0.717) is 5.84 Å². The minimum Gasteiger partial charge on any atom is -0.253 e. The molecule has 0 unspecified atom stereocenters. The second kappa shape index (κ2) is 5.07. The first-order valence-corrected chi connectivity index (χ1v) is 4.37. The van der Waals surface area contributed by atoms with Gasteiger partial charge in [0.1, 0.15) is 5.69 Å². The van der Waals surface area contributed by atoms with E-state index in [-0.39, 0.29) is 0 Å². The molecule has 0 saturated heterocycles. The Hall–Kier alpha value is -1.77. The number of amidine groups is 1. The molecule has 0 bridgehead atoms. The van der Waals surface area contributed by atoms with E-state index in [0.717, 1.165) is 11.4 Å². The molecule has 0 atom stereocenters. The van der Waals surface area contributed by atoms with E-state index in [9.17, 15) is 0 Å². The number of allylic oxidation sites excluding steroid dienone is 2. The van der Waals surface area contributed by atoms with Crippen molar-refractivity contribution >= 4 is 12.6 Å². The van der Waals surface area contributed by atoms with Gasteiger partial charge in [-0.2, -0.15) is 0 Å². The lowest BCUT2D eigenvalue weighted by Gasteiger charge is -1.98. The van der Waals surface area contributed by atoms with Crippen LogP contribution in [0.3, 0.4) is 0 Å². The third-order valence-electron chi connectivity index (χ3n) is 1.74. The first-order chi connectivity index (χ1) is 6.77. The summed E-state index contributed by atoms with van der Waals surface area (Å²) in [6.45, 7) is 7.32. The van der Waals surface area contributed by atoms with Gasteiger partial charge < -0.3 is 0 Å². The molecule has 1 heterocycles. The summed E-state index contributed by atoms with van der Waals surface area (Å²) in [6.07, 6.45) is 3.62. The Kier molecular flexibility index (Phi) is 3.73. The summed E-state index contributed by atoms with van der Waals surface area (Å²) >= 11 is 0. The van der Waals surface area contributed by atoms with Crippen molar-refractivity contribution in [3.8, 4) is 0 Å². The molecule has 1 aromatic heterocycles. The van der Waals surface area contributed by atoms with Gasteiger partial charge in [-0.25, -0.2) is 9.98 Å². The fourth-order valence-electron chi connectivity index (χ4n) is 0.900. The van der Waals surface area contributed by atoms with Gasteiger partial charge >= 0.3 is 0 Å². The minimum absolute atomic E-state index is 0.557. The lowest BCUT2D eigenvalue weighted by atomic mass is 10.3. The number of nitrogens with zero attached hydrogens (tertiary/aromatic N) is 3. The van der Waals surface area contributed by atoms with Gasteiger partial charge in [0.25, 0.3) is 0 Å². The third-order valence-corrected chi connectivity index (χ3v) is 1.74. The van der Waals surface area contributed by atoms with Crippen LogP contribution in [0.5, 0.6) is 0 Å². The van der Waals surface area contributed by atoms with Gasteiger partial charge in [0, 0.05) is 11.9 Å². The molecule has 3 heteroatoms. The van der Waals surface area contributed by atoms with Crippen molar-refractivity contribution in [2.75, 3.05) is 0 Å². The SMILES string of the molecule is C=NC(=N/C(C)=C\C)c1ccccn1. The van der Waals surface area contributed by atoms with Crippen LogP contribution in [0, 0.1) is 0 Å². The molecular weight excluding hydrogens is 174 g/mol. The third kappa shape index (κ3) is 2.62. The standard InChI is InChI=1S/C11H13N3/c1-4-9(2)14-11(12-3)10-7-5-6-8-13-10/h4-8H,3H2,1-2H3/b9-4-,14-11?. The molecule has 0 aliphatic rings. The van der Waals surface area contributed by atoms with Crippen molar-refractivity contribution in [3.63, 3.8) is 0 Å². The molecule has 0 N–H and O–H groups in total. The second-order valence-electron chi connectivity index (χ2n) is 2.74. The molecule has 0 spiro atoms. The molecule has 0 aliphatic carbocycles. The fourth-order valence-corrected chi connectivity index (χ4v) is 0.900. The number of hydrogen-bond acceptors (Lipinski definition) is 2. The van der Waals surface area contributed by atoms with Crippen LogP contribution in [-0.4, -0.2) is 17.5 Å². The summed E-state index contributed by atoms with van der Waals surface area (Å²) in [5.74, 6) is 0.557. The number of hydrogen-bond donors (Lipinski definition) is 0. The topological polar surface area (TPSA) is 37.6 Å². The van der Waals surface area contributed by atoms with Gasteiger partial charge in [0.15, 0.2) is 5.84 Å². The summed E-state index contributed by atoms with van der Waals surface area (Å²) in [6, 6.07) is 5.61. The van der Waals surface area contributed by atoms with E-state index in [2.05, 4.69) is 21.7 Å². The highest BCUT2D eigenvalue weighted by Gasteiger charge is 2.00. The van der Waals surface area contributed by atoms with E-state index >= 15 is 0 Å². The average Bonchev–Trinajstić information content (AvgIpc) is 2.26. The molecule has 0 amide bonds. The molecule has 14 heavy (non-hydrogen) atoms. The van der Waals surface area contributed by atoms with E-state index in [1.807, 2.05) is 38.1 Å². The second-order valence-corrected chi connectivity index (χ2v) is 2.74. The summed E-state index contributed by atoms with van der Waals surface area (Å²) in [5, 5.41) is 0. The monoisotopic (exact) mass is 187 g/mol. The van der Waals surface area contributed by atoms with Crippen LogP contribution in [-0.2, 0) is 0 Å². The molecule has 0 radical (unpaired) electrons. The summed E-state index contributed by atoms with van der Waals surface area (Å²) < 4.78 is 0. The van der Waals surface area contributed by atoms with Crippen molar-refractivity contribution in [2.45, 2.75) is 13.8 Å². The summed E-state index contributed by atoms with van der Waals surface area (Å²) in [5.41, 5.74) is 1.64. The highest BCUT2D eigenvalue weighted by atomic mass is 14.9. The van der Waals surface area contributed by atoms with Crippen LogP contribution in [0.25, 0.3) is 0 Å². The van der Waals surface area contributed by atoms with Gasteiger partial charge in [0.05, 0.1) is 0 Å². The minimum atomic E-state index is 0.557. The van der Waals surface area contributed by atoms with Crippen LogP contribution in [0.1, 0.15) is 19.5 Å². The lowest BCUT2D eigenvalue weighted by molar-refractivity contribution is 1.23. The predicted molar refractivity (Wildman–Crippen MR) is 59.8 cm³/mol. The summed E-state index contributed by atoms with van der Waals surface area (Å²) in [7, 11) is 0. The first kappa shape index (κ1) is 10.3. The van der Waals surface area contributed by atoms with Gasteiger partial charge in [-0.15, -0.1) is 0 Å². The number of pyridine rings is 1. The maximum Gasteiger partial charge on any atom is 0.177 e. The Morgan fingerprint density at radius 3 is 2.79 bits per heavy atom. The van der Waals surface area contributed by atoms with Gasteiger partial charge in [-0.05, 0) is 32.7 Å². The fraction of sp³-hybridized carbons (Fsp3) is 0.182. The van der Waals surface area contributed by atoms with Gasteiger partial charge in [-0.3, -0.25) is 4.98 Å². The normalized spacial score (nSPS) is 12.7. The highest BCUT2D eigenvalue weighted by Crippen LogP contribution is 2.02. The Morgan fingerprint density at radius 1 is 1.50 bits per heavy atom. The number of rotatable bonds is 2. The molecule has 3 nitrogen and oxygen atoms in total. The zero-order chi connectivity index (χ0) is 10.4. The first-order valence-electron chi connectivity index (χ1n) is 4.37. The van der Waals surface area contributed by atoms with Gasteiger partial charge in [-0.1, -0.05) is 12.1 Å². The zero-order valence-electron chi connectivity index (χ0n) is 8.44. The Balaban J connectivity index is 3.05. The smallest absolute Gasteiger partial charge is 0.177 e. The highest BCUT2D eigenvalue weighted by molar-refractivity contribution is 6.00. The van der Waals surface area contributed by atoms with Crippen molar-refractivity contribution < 1.29 is 0 Å². The Morgan fingerprint density at radius 2 is 2.29 bits per heavy atom. The lowest BCUT2D eigenvalue weighted by Crippen LogP contribution is -1.99. The number of aromatic nitrogens is 1. The van der Waals surface area contributed by atoms with E-state index in [1.54, 1.807) is 6.20 Å². The van der Waals surface area contributed by atoms with E-state index < -0.39 is 0 Å². The van der Waals surface area contributed by atoms with Crippen LogP contribution in [0.15, 0.2) is 46.2 Å². The molecule has 0 aliphatic heterocycles. The van der Waals surface area contributed by atoms with Crippen molar-refractivity contribution in [1.82, 2.24) is 4.98 Å². The maximum atomic E-state index is 4.27. The van der Waals surface area contributed by atoms with Crippen LogP contribution < -0.4 is 0 Å². The van der Waals surface area contributed by atoms with Crippen LogP contribution in [0.2, 0.25) is 0 Å². The van der Waals surface area contributed by atoms with Gasteiger partial charge in [0.2, 0.25) is 0 Å². The largest absolute Gasteiger partial charge is 0.253 e. The maximum absolute atomic E-state index is 4.27. The van der Waals surface area contributed by atoms with Crippen molar-refractivity contribution in [2.24, 2.45) is 9.98 Å². The molecule has 0 fully saturated rings. The Bertz CT molecular complexity index is 363. The van der Waals surface area contributed by atoms with Crippen molar-refractivity contribution in [3.05, 3.63) is 41.9 Å².